The predicted octanol–water partition coefficient (Wildman–Crippen LogP) is 3.47. The summed E-state index contributed by atoms with van der Waals surface area (Å²) in [4.78, 5) is 0. The number of aromatic nitrogens is 2. The maximum absolute atomic E-state index is 5.84. The highest BCUT2D eigenvalue weighted by atomic mass is 15.3. The van der Waals surface area contributed by atoms with Crippen molar-refractivity contribution in [1.82, 2.24) is 9.78 Å². The van der Waals surface area contributed by atoms with Crippen molar-refractivity contribution in [2.24, 2.45) is 13.0 Å². The maximum Gasteiger partial charge on any atom is 0.121 e. The van der Waals surface area contributed by atoms with Crippen LogP contribution in [0.25, 0.3) is 0 Å². The molecular formula is C14H25N3. The molecule has 0 radical (unpaired) electrons. The fourth-order valence-corrected chi connectivity index (χ4v) is 2.94. The Labute approximate surface area is 104 Å². The number of hydrogen-bond acceptors (Lipinski definition) is 2. The fraction of sp³-hybridized carbons (Fsp3) is 0.786. The van der Waals surface area contributed by atoms with Gasteiger partial charge in [-0.25, -0.2) is 0 Å². The zero-order valence-corrected chi connectivity index (χ0v) is 11.2. The third kappa shape index (κ3) is 3.02. The molecule has 0 unspecified atom stereocenters. The molecule has 2 N–H and O–H groups in total. The number of unbranched alkanes of at least 4 members (excludes halogenated alkanes) is 1. The van der Waals surface area contributed by atoms with E-state index in [1.807, 2.05) is 7.05 Å². The van der Waals surface area contributed by atoms with Gasteiger partial charge < -0.3 is 5.73 Å². The van der Waals surface area contributed by atoms with Gasteiger partial charge in [0.1, 0.15) is 5.82 Å². The van der Waals surface area contributed by atoms with Gasteiger partial charge >= 0.3 is 0 Å². The van der Waals surface area contributed by atoms with E-state index in [1.54, 1.807) is 4.68 Å². The molecule has 0 aliphatic heterocycles. The summed E-state index contributed by atoms with van der Waals surface area (Å²) < 4.78 is 1.79. The first-order valence-corrected chi connectivity index (χ1v) is 7.00. The summed E-state index contributed by atoms with van der Waals surface area (Å²) in [5.41, 5.74) is 7.05. The van der Waals surface area contributed by atoms with Gasteiger partial charge in [-0.05, 0) is 31.6 Å². The molecule has 1 aliphatic carbocycles. The minimum atomic E-state index is 0.649. The zero-order chi connectivity index (χ0) is 12.3. The Bertz CT molecular complexity index is 329. The molecule has 2 rings (SSSR count). The number of anilines is 1. The van der Waals surface area contributed by atoms with Crippen LogP contribution in [0, 0.1) is 5.92 Å². The van der Waals surface area contributed by atoms with E-state index in [2.05, 4.69) is 18.1 Å². The van der Waals surface area contributed by atoms with Gasteiger partial charge in [0, 0.05) is 19.0 Å². The molecule has 17 heavy (non-hydrogen) atoms. The van der Waals surface area contributed by atoms with Gasteiger partial charge in [0.05, 0.1) is 5.69 Å². The molecule has 96 valence electrons. The van der Waals surface area contributed by atoms with E-state index >= 15 is 0 Å². The lowest BCUT2D eigenvalue weighted by atomic mass is 9.78. The van der Waals surface area contributed by atoms with Crippen LogP contribution < -0.4 is 5.73 Å². The highest BCUT2D eigenvalue weighted by molar-refractivity contribution is 5.32. The normalized spacial score (nSPS) is 25.1. The van der Waals surface area contributed by atoms with Crippen LogP contribution in [0.1, 0.15) is 63.5 Å². The first kappa shape index (κ1) is 12.5. The number of aryl methyl sites for hydroxylation is 1. The van der Waals surface area contributed by atoms with Crippen LogP contribution in [0.15, 0.2) is 6.07 Å². The van der Waals surface area contributed by atoms with Crippen LogP contribution in [0.3, 0.4) is 0 Å². The Morgan fingerprint density at radius 2 is 2.06 bits per heavy atom. The monoisotopic (exact) mass is 235 g/mol. The zero-order valence-electron chi connectivity index (χ0n) is 11.2. The molecule has 1 heterocycles. The second-order valence-electron chi connectivity index (χ2n) is 5.48. The first-order chi connectivity index (χ1) is 8.20. The summed E-state index contributed by atoms with van der Waals surface area (Å²) in [5, 5.41) is 4.51. The van der Waals surface area contributed by atoms with Gasteiger partial charge in [0.15, 0.2) is 0 Å². The average Bonchev–Trinajstić information content (AvgIpc) is 2.68. The predicted molar refractivity (Wildman–Crippen MR) is 71.8 cm³/mol. The number of nitrogen functional groups attached to an aromatic ring is 1. The van der Waals surface area contributed by atoms with Gasteiger partial charge in [0.2, 0.25) is 0 Å². The lowest BCUT2D eigenvalue weighted by Crippen LogP contribution is -2.13. The molecule has 0 atom stereocenters. The quantitative estimate of drug-likeness (QED) is 0.868. The van der Waals surface area contributed by atoms with Gasteiger partial charge in [-0.2, -0.15) is 5.10 Å². The van der Waals surface area contributed by atoms with Crippen molar-refractivity contribution in [1.29, 1.82) is 0 Å². The Hall–Kier alpha value is -0.990. The molecule has 0 amide bonds. The molecule has 0 spiro atoms. The van der Waals surface area contributed by atoms with E-state index in [0.717, 1.165) is 11.7 Å². The third-order valence-corrected chi connectivity index (χ3v) is 4.17. The number of nitrogens with zero attached hydrogens (tertiary/aromatic N) is 2. The largest absolute Gasteiger partial charge is 0.384 e. The molecule has 0 aromatic carbocycles. The van der Waals surface area contributed by atoms with Crippen molar-refractivity contribution in [3.8, 4) is 0 Å². The van der Waals surface area contributed by atoms with Crippen molar-refractivity contribution < 1.29 is 0 Å². The highest BCUT2D eigenvalue weighted by Crippen LogP contribution is 2.37. The summed E-state index contributed by atoms with van der Waals surface area (Å²) in [7, 11) is 1.92. The molecule has 1 fully saturated rings. The van der Waals surface area contributed by atoms with Gasteiger partial charge in [-0.1, -0.05) is 26.2 Å². The Kier molecular flexibility index (Phi) is 4.08. The van der Waals surface area contributed by atoms with Crippen molar-refractivity contribution in [2.45, 2.75) is 57.8 Å². The summed E-state index contributed by atoms with van der Waals surface area (Å²) in [5.74, 6) is 2.40. The van der Waals surface area contributed by atoms with Crippen molar-refractivity contribution in [3.63, 3.8) is 0 Å². The summed E-state index contributed by atoms with van der Waals surface area (Å²) >= 11 is 0. The van der Waals surface area contributed by atoms with Crippen molar-refractivity contribution in [2.75, 3.05) is 5.73 Å². The number of nitrogens with two attached hydrogens (primary N) is 1. The van der Waals surface area contributed by atoms with Crippen LogP contribution in [0.2, 0.25) is 0 Å². The summed E-state index contributed by atoms with van der Waals surface area (Å²) in [6, 6.07) is 2.05. The highest BCUT2D eigenvalue weighted by Gasteiger charge is 2.23. The molecule has 3 nitrogen and oxygen atoms in total. The van der Waals surface area contributed by atoms with E-state index < -0.39 is 0 Å². The number of rotatable bonds is 4. The van der Waals surface area contributed by atoms with E-state index in [-0.39, 0.29) is 0 Å². The lowest BCUT2D eigenvalue weighted by Gasteiger charge is -2.27. The van der Waals surface area contributed by atoms with Crippen LogP contribution in [-0.2, 0) is 7.05 Å². The number of hydrogen-bond donors (Lipinski definition) is 1. The van der Waals surface area contributed by atoms with E-state index in [0.29, 0.717) is 5.92 Å². The van der Waals surface area contributed by atoms with Gasteiger partial charge in [0.25, 0.3) is 0 Å². The van der Waals surface area contributed by atoms with Crippen LogP contribution in [-0.4, -0.2) is 9.78 Å². The first-order valence-electron chi connectivity index (χ1n) is 7.00. The minimum absolute atomic E-state index is 0.649. The van der Waals surface area contributed by atoms with Crippen molar-refractivity contribution >= 4 is 5.82 Å². The molecule has 0 saturated heterocycles. The summed E-state index contributed by atoms with van der Waals surface area (Å²) in [6.45, 7) is 2.28. The van der Waals surface area contributed by atoms with Crippen LogP contribution in [0.4, 0.5) is 5.82 Å². The second kappa shape index (κ2) is 5.56. The smallest absolute Gasteiger partial charge is 0.121 e. The molecule has 1 aromatic rings. The van der Waals surface area contributed by atoms with Crippen LogP contribution in [0.5, 0.6) is 0 Å². The Balaban J connectivity index is 1.86. The molecule has 0 bridgehead atoms. The molecule has 3 heteroatoms. The summed E-state index contributed by atoms with van der Waals surface area (Å²) in [6.07, 6.45) is 9.49. The lowest BCUT2D eigenvalue weighted by molar-refractivity contribution is 0.301. The average molecular weight is 235 g/mol. The molecule has 1 aromatic heterocycles. The van der Waals surface area contributed by atoms with E-state index in [4.69, 9.17) is 5.73 Å². The van der Waals surface area contributed by atoms with E-state index in [1.165, 1.54) is 50.6 Å². The minimum Gasteiger partial charge on any atom is -0.384 e. The SMILES string of the molecule is CCCCC1CCC(c2cc(N)n(C)n2)CC1. The van der Waals surface area contributed by atoms with Gasteiger partial charge in [-0.15, -0.1) is 0 Å². The third-order valence-electron chi connectivity index (χ3n) is 4.17. The molecular weight excluding hydrogens is 210 g/mol. The van der Waals surface area contributed by atoms with Gasteiger partial charge in [-0.3, -0.25) is 4.68 Å². The van der Waals surface area contributed by atoms with Crippen LogP contribution >= 0.6 is 0 Å². The topological polar surface area (TPSA) is 43.8 Å². The molecule has 1 aliphatic rings. The van der Waals surface area contributed by atoms with E-state index in [9.17, 15) is 0 Å². The molecule has 1 saturated carbocycles. The second-order valence-corrected chi connectivity index (χ2v) is 5.48. The fourth-order valence-electron chi connectivity index (χ4n) is 2.94. The Morgan fingerprint density at radius 1 is 1.35 bits per heavy atom. The standard InChI is InChI=1S/C14H25N3/c1-3-4-5-11-6-8-12(9-7-11)13-10-14(15)17(2)16-13/h10-12H,3-9,15H2,1-2H3. The Morgan fingerprint density at radius 3 is 2.59 bits per heavy atom. The maximum atomic E-state index is 5.84. The van der Waals surface area contributed by atoms with Crippen molar-refractivity contribution in [3.05, 3.63) is 11.8 Å².